The smallest absolute Gasteiger partial charge is 0.0725 e. The largest absolute Gasteiger partial charge is 0.373 e. The van der Waals surface area contributed by atoms with E-state index in [4.69, 9.17) is 4.74 Å². The highest BCUT2D eigenvalue weighted by atomic mass is 16.5. The van der Waals surface area contributed by atoms with Gasteiger partial charge in [-0.2, -0.15) is 0 Å². The van der Waals surface area contributed by atoms with Gasteiger partial charge in [0.05, 0.1) is 13.2 Å². The molecule has 0 fully saturated rings. The second kappa shape index (κ2) is 3.54. The van der Waals surface area contributed by atoms with Crippen LogP contribution in [0.15, 0.2) is 31.1 Å². The molecular formula is C11H11NO. The minimum Gasteiger partial charge on any atom is -0.373 e. The van der Waals surface area contributed by atoms with Crippen molar-refractivity contribution < 1.29 is 4.74 Å². The monoisotopic (exact) mass is 173 g/mol. The Hall–Kier alpha value is -1.41. The zero-order chi connectivity index (χ0) is 9.10. The maximum Gasteiger partial charge on any atom is 0.0725 e. The number of hydrogen-bond donors (Lipinski definition) is 0. The van der Waals surface area contributed by atoms with Gasteiger partial charge in [0.25, 0.3) is 0 Å². The van der Waals surface area contributed by atoms with E-state index in [2.05, 4.69) is 23.7 Å². The van der Waals surface area contributed by atoms with Crippen molar-refractivity contribution in [3.05, 3.63) is 42.2 Å². The molecule has 0 saturated carbocycles. The highest BCUT2D eigenvalue weighted by molar-refractivity contribution is 5.68. The molecule has 66 valence electrons. The topological polar surface area (TPSA) is 22.1 Å². The quantitative estimate of drug-likeness (QED) is 0.683. The molecule has 2 rings (SSSR count). The molecule has 0 spiro atoms. The highest BCUT2D eigenvalue weighted by Crippen LogP contribution is 2.18. The Morgan fingerprint density at radius 2 is 2.38 bits per heavy atom. The standard InChI is InChI=1S/C11H11NO/c1-2-9-5-11(7-12-6-9)10-3-4-13-8-10/h2-3,5-7H,1,4,8H2. The first-order valence-electron chi connectivity index (χ1n) is 4.25. The SMILES string of the molecule is C=Cc1cncc(C2=CCOC2)c1. The molecule has 2 heterocycles. The van der Waals surface area contributed by atoms with Crippen molar-refractivity contribution in [1.82, 2.24) is 4.98 Å². The summed E-state index contributed by atoms with van der Waals surface area (Å²) in [4.78, 5) is 4.13. The summed E-state index contributed by atoms with van der Waals surface area (Å²) in [6, 6.07) is 2.07. The first-order chi connectivity index (χ1) is 6.40. The van der Waals surface area contributed by atoms with Crippen molar-refractivity contribution in [1.29, 1.82) is 0 Å². The molecule has 0 radical (unpaired) electrons. The molecule has 0 amide bonds. The Balaban J connectivity index is 2.34. The van der Waals surface area contributed by atoms with Crippen molar-refractivity contribution in [3.63, 3.8) is 0 Å². The van der Waals surface area contributed by atoms with Gasteiger partial charge < -0.3 is 4.74 Å². The summed E-state index contributed by atoms with van der Waals surface area (Å²) in [6.07, 6.45) is 7.54. The fraction of sp³-hybridized carbons (Fsp3) is 0.182. The molecule has 2 heteroatoms. The maximum absolute atomic E-state index is 5.24. The summed E-state index contributed by atoms with van der Waals surface area (Å²) in [5.74, 6) is 0. The molecule has 0 saturated heterocycles. The lowest BCUT2D eigenvalue weighted by atomic mass is 10.1. The summed E-state index contributed by atoms with van der Waals surface area (Å²) >= 11 is 0. The predicted octanol–water partition coefficient (Wildman–Crippen LogP) is 2.14. The van der Waals surface area contributed by atoms with Crippen LogP contribution in [0.4, 0.5) is 0 Å². The van der Waals surface area contributed by atoms with Crippen molar-refractivity contribution in [3.8, 4) is 0 Å². The van der Waals surface area contributed by atoms with E-state index in [-0.39, 0.29) is 0 Å². The van der Waals surface area contributed by atoms with Gasteiger partial charge in [-0.15, -0.1) is 0 Å². The van der Waals surface area contributed by atoms with Crippen molar-refractivity contribution in [2.45, 2.75) is 0 Å². The lowest BCUT2D eigenvalue weighted by Gasteiger charge is -2.01. The van der Waals surface area contributed by atoms with Crippen LogP contribution in [0.25, 0.3) is 11.6 Å². The zero-order valence-electron chi connectivity index (χ0n) is 7.36. The summed E-state index contributed by atoms with van der Waals surface area (Å²) in [5.41, 5.74) is 3.40. The van der Waals surface area contributed by atoms with Crippen LogP contribution >= 0.6 is 0 Å². The fourth-order valence-corrected chi connectivity index (χ4v) is 1.33. The minimum atomic E-state index is 0.697. The Morgan fingerprint density at radius 3 is 3.08 bits per heavy atom. The maximum atomic E-state index is 5.24. The molecule has 0 unspecified atom stereocenters. The third-order valence-corrected chi connectivity index (χ3v) is 2.07. The van der Waals surface area contributed by atoms with Gasteiger partial charge in [-0.1, -0.05) is 18.7 Å². The second-order valence-corrected chi connectivity index (χ2v) is 2.96. The van der Waals surface area contributed by atoms with Gasteiger partial charge in [-0.05, 0) is 22.8 Å². The van der Waals surface area contributed by atoms with Gasteiger partial charge >= 0.3 is 0 Å². The highest BCUT2D eigenvalue weighted by Gasteiger charge is 2.07. The third kappa shape index (κ3) is 1.68. The minimum absolute atomic E-state index is 0.697. The molecule has 0 atom stereocenters. The van der Waals surface area contributed by atoms with E-state index in [9.17, 15) is 0 Å². The van der Waals surface area contributed by atoms with Gasteiger partial charge in [0, 0.05) is 12.4 Å². The summed E-state index contributed by atoms with van der Waals surface area (Å²) in [6.45, 7) is 5.12. The summed E-state index contributed by atoms with van der Waals surface area (Å²) in [5, 5.41) is 0. The van der Waals surface area contributed by atoms with Crippen molar-refractivity contribution in [2.75, 3.05) is 13.2 Å². The van der Waals surface area contributed by atoms with Gasteiger partial charge in [0.2, 0.25) is 0 Å². The molecule has 2 nitrogen and oxygen atoms in total. The predicted molar refractivity (Wildman–Crippen MR) is 53.1 cm³/mol. The second-order valence-electron chi connectivity index (χ2n) is 2.96. The third-order valence-electron chi connectivity index (χ3n) is 2.07. The summed E-state index contributed by atoms with van der Waals surface area (Å²) < 4.78 is 5.24. The average molecular weight is 173 g/mol. The lowest BCUT2D eigenvalue weighted by Crippen LogP contribution is -1.89. The van der Waals surface area contributed by atoms with Crippen LogP contribution < -0.4 is 0 Å². The number of rotatable bonds is 2. The van der Waals surface area contributed by atoms with Crippen molar-refractivity contribution >= 4 is 11.6 Å². The molecule has 0 bridgehead atoms. The van der Waals surface area contributed by atoms with E-state index < -0.39 is 0 Å². The van der Waals surface area contributed by atoms with Crippen molar-refractivity contribution in [2.24, 2.45) is 0 Å². The first kappa shape index (κ1) is 8.20. The average Bonchev–Trinajstić information content (AvgIpc) is 2.71. The number of pyridine rings is 1. The summed E-state index contributed by atoms with van der Waals surface area (Å²) in [7, 11) is 0. The molecule has 13 heavy (non-hydrogen) atoms. The number of nitrogens with zero attached hydrogens (tertiary/aromatic N) is 1. The molecular weight excluding hydrogens is 162 g/mol. The van der Waals surface area contributed by atoms with E-state index in [1.54, 1.807) is 12.3 Å². The van der Waals surface area contributed by atoms with Crippen LogP contribution in [0, 0.1) is 0 Å². The molecule has 0 aromatic carbocycles. The lowest BCUT2D eigenvalue weighted by molar-refractivity contribution is 0.216. The van der Waals surface area contributed by atoms with Gasteiger partial charge in [-0.25, -0.2) is 0 Å². The van der Waals surface area contributed by atoms with Crippen LogP contribution in [-0.4, -0.2) is 18.2 Å². The Morgan fingerprint density at radius 1 is 1.46 bits per heavy atom. The van der Waals surface area contributed by atoms with Crippen LogP contribution in [0.3, 0.4) is 0 Å². The Kier molecular flexibility index (Phi) is 2.23. The van der Waals surface area contributed by atoms with Gasteiger partial charge in [0.15, 0.2) is 0 Å². The van der Waals surface area contributed by atoms with Gasteiger partial charge in [0.1, 0.15) is 0 Å². The van der Waals surface area contributed by atoms with Crippen LogP contribution in [0.1, 0.15) is 11.1 Å². The Labute approximate surface area is 77.6 Å². The van der Waals surface area contributed by atoms with E-state index in [1.165, 1.54) is 5.57 Å². The molecule has 1 aliphatic heterocycles. The number of aromatic nitrogens is 1. The number of hydrogen-bond acceptors (Lipinski definition) is 2. The van der Waals surface area contributed by atoms with E-state index in [0.29, 0.717) is 13.2 Å². The van der Waals surface area contributed by atoms with E-state index >= 15 is 0 Å². The first-order valence-corrected chi connectivity index (χ1v) is 4.25. The van der Waals surface area contributed by atoms with Crippen LogP contribution in [0.5, 0.6) is 0 Å². The van der Waals surface area contributed by atoms with Gasteiger partial charge in [-0.3, -0.25) is 4.98 Å². The Bertz CT molecular complexity index is 355. The molecule has 0 aliphatic carbocycles. The molecule has 1 aromatic heterocycles. The molecule has 1 aromatic rings. The molecule has 1 aliphatic rings. The number of ether oxygens (including phenoxy) is 1. The molecule has 0 N–H and O–H groups in total. The van der Waals surface area contributed by atoms with E-state index in [1.807, 2.05) is 6.20 Å². The fourth-order valence-electron chi connectivity index (χ4n) is 1.33. The van der Waals surface area contributed by atoms with Crippen LogP contribution in [0.2, 0.25) is 0 Å². The van der Waals surface area contributed by atoms with Crippen LogP contribution in [-0.2, 0) is 4.74 Å². The normalized spacial score (nSPS) is 15.5. The van der Waals surface area contributed by atoms with E-state index in [0.717, 1.165) is 11.1 Å². The zero-order valence-corrected chi connectivity index (χ0v) is 7.36.